The molecule has 2 aromatic carbocycles. The Morgan fingerprint density at radius 1 is 1.13 bits per heavy atom. The molecule has 0 aliphatic heterocycles. The largest absolute Gasteiger partial charge is 0.497 e. The lowest BCUT2D eigenvalue weighted by Crippen LogP contribution is -2.50. The zero-order chi connectivity index (χ0) is 22.8. The average Bonchev–Trinajstić information content (AvgIpc) is 2.74. The van der Waals surface area contributed by atoms with E-state index in [2.05, 4.69) is 36.5 Å². The standard InChI is InChI=1S/C25H34N2O3S/c1-6-23(25(29)26-18(2)3)27(17-20-8-7-9-21(16-20)30-5)24(28)14-15-31-22-12-10-19(4)11-13-22/h7-13,16,18,23H,6,14-15,17H2,1-5H3,(H,26,29)/t23-/m1/s1. The molecule has 31 heavy (non-hydrogen) atoms. The van der Waals surface area contributed by atoms with Crippen LogP contribution in [0.2, 0.25) is 0 Å². The number of carbonyl (C=O) groups excluding carboxylic acids is 2. The van der Waals surface area contributed by atoms with Crippen molar-refractivity contribution in [3.63, 3.8) is 0 Å². The van der Waals surface area contributed by atoms with Gasteiger partial charge in [0.2, 0.25) is 11.8 Å². The average molecular weight is 443 g/mol. The van der Waals surface area contributed by atoms with Crippen LogP contribution in [0, 0.1) is 6.92 Å². The van der Waals surface area contributed by atoms with E-state index in [4.69, 9.17) is 4.74 Å². The Kier molecular flexibility index (Phi) is 9.92. The molecule has 0 aliphatic carbocycles. The van der Waals surface area contributed by atoms with E-state index in [0.29, 0.717) is 25.1 Å². The van der Waals surface area contributed by atoms with Gasteiger partial charge in [-0.2, -0.15) is 0 Å². The molecule has 1 atom stereocenters. The number of amides is 2. The van der Waals surface area contributed by atoms with Gasteiger partial charge in [0.05, 0.1) is 7.11 Å². The fourth-order valence-corrected chi connectivity index (χ4v) is 4.14. The maximum Gasteiger partial charge on any atom is 0.243 e. The Bertz CT molecular complexity index is 852. The predicted octanol–water partition coefficient (Wildman–Crippen LogP) is 4.82. The van der Waals surface area contributed by atoms with Crippen molar-refractivity contribution in [1.82, 2.24) is 10.2 Å². The molecule has 0 heterocycles. The number of benzene rings is 2. The van der Waals surface area contributed by atoms with Crippen LogP contribution in [0.5, 0.6) is 5.75 Å². The van der Waals surface area contributed by atoms with Gasteiger partial charge in [-0.1, -0.05) is 36.8 Å². The fraction of sp³-hybridized carbons (Fsp3) is 0.440. The molecule has 1 N–H and O–H groups in total. The number of carbonyl (C=O) groups is 2. The third-order valence-corrected chi connectivity index (χ3v) is 5.92. The number of ether oxygens (including phenoxy) is 1. The Morgan fingerprint density at radius 2 is 1.84 bits per heavy atom. The molecule has 0 radical (unpaired) electrons. The lowest BCUT2D eigenvalue weighted by molar-refractivity contribution is -0.141. The van der Waals surface area contributed by atoms with Crippen LogP contribution in [0.15, 0.2) is 53.4 Å². The summed E-state index contributed by atoms with van der Waals surface area (Å²) in [6.07, 6.45) is 0.924. The van der Waals surface area contributed by atoms with Crippen LogP contribution in [0.3, 0.4) is 0 Å². The molecule has 0 unspecified atom stereocenters. The zero-order valence-corrected chi connectivity index (χ0v) is 20.0. The second-order valence-electron chi connectivity index (χ2n) is 7.87. The molecule has 0 aromatic heterocycles. The third kappa shape index (κ3) is 7.94. The number of hydrogen-bond donors (Lipinski definition) is 1. The van der Waals surface area contributed by atoms with E-state index < -0.39 is 6.04 Å². The van der Waals surface area contributed by atoms with Crippen molar-refractivity contribution in [3.05, 3.63) is 59.7 Å². The molecule has 2 aromatic rings. The first-order valence-electron chi connectivity index (χ1n) is 10.8. The van der Waals surface area contributed by atoms with Crippen LogP contribution >= 0.6 is 11.8 Å². The van der Waals surface area contributed by atoms with E-state index >= 15 is 0 Å². The number of rotatable bonds is 11. The van der Waals surface area contributed by atoms with E-state index in [-0.39, 0.29) is 17.9 Å². The van der Waals surface area contributed by atoms with Gasteiger partial charge in [-0.25, -0.2) is 0 Å². The normalized spacial score (nSPS) is 11.8. The summed E-state index contributed by atoms with van der Waals surface area (Å²) < 4.78 is 5.32. The van der Waals surface area contributed by atoms with Crippen LogP contribution in [-0.2, 0) is 16.1 Å². The molecule has 2 rings (SSSR count). The topological polar surface area (TPSA) is 58.6 Å². The Hall–Kier alpha value is -2.47. The quantitative estimate of drug-likeness (QED) is 0.507. The van der Waals surface area contributed by atoms with Crippen molar-refractivity contribution < 1.29 is 14.3 Å². The highest BCUT2D eigenvalue weighted by molar-refractivity contribution is 7.99. The highest BCUT2D eigenvalue weighted by Crippen LogP contribution is 2.22. The minimum absolute atomic E-state index is 0.0202. The highest BCUT2D eigenvalue weighted by Gasteiger charge is 2.28. The van der Waals surface area contributed by atoms with E-state index in [9.17, 15) is 9.59 Å². The second-order valence-corrected chi connectivity index (χ2v) is 9.04. The molecule has 0 aliphatic rings. The van der Waals surface area contributed by atoms with Crippen LogP contribution < -0.4 is 10.1 Å². The summed E-state index contributed by atoms with van der Waals surface area (Å²) in [6.45, 7) is 8.22. The summed E-state index contributed by atoms with van der Waals surface area (Å²) in [5.74, 6) is 1.27. The molecule has 0 spiro atoms. The maximum atomic E-state index is 13.2. The molecule has 0 saturated carbocycles. The minimum Gasteiger partial charge on any atom is -0.497 e. The van der Waals surface area contributed by atoms with Crippen LogP contribution in [0.4, 0.5) is 0 Å². The van der Waals surface area contributed by atoms with Gasteiger partial charge in [0, 0.05) is 29.7 Å². The first-order valence-corrected chi connectivity index (χ1v) is 11.7. The maximum absolute atomic E-state index is 13.2. The van der Waals surface area contributed by atoms with Crippen molar-refractivity contribution in [2.45, 2.75) is 64.1 Å². The summed E-state index contributed by atoms with van der Waals surface area (Å²) in [7, 11) is 1.62. The number of nitrogens with zero attached hydrogens (tertiary/aromatic N) is 1. The number of aryl methyl sites for hydroxylation is 1. The van der Waals surface area contributed by atoms with E-state index in [1.807, 2.05) is 45.0 Å². The molecule has 2 amide bonds. The molecule has 0 saturated heterocycles. The van der Waals surface area contributed by atoms with Gasteiger partial charge < -0.3 is 15.0 Å². The summed E-state index contributed by atoms with van der Waals surface area (Å²) >= 11 is 1.66. The van der Waals surface area contributed by atoms with Crippen LogP contribution in [-0.4, -0.2) is 41.7 Å². The Morgan fingerprint density at radius 3 is 2.45 bits per heavy atom. The molecule has 0 bridgehead atoms. The minimum atomic E-state index is -0.509. The summed E-state index contributed by atoms with van der Waals surface area (Å²) in [6, 6.07) is 15.4. The highest BCUT2D eigenvalue weighted by atomic mass is 32.2. The molecule has 168 valence electrons. The molecule has 0 fully saturated rings. The van der Waals surface area contributed by atoms with Crippen LogP contribution in [0.1, 0.15) is 44.7 Å². The lowest BCUT2D eigenvalue weighted by atomic mass is 10.1. The van der Waals surface area contributed by atoms with Crippen molar-refractivity contribution in [2.75, 3.05) is 12.9 Å². The number of thioether (sulfide) groups is 1. The van der Waals surface area contributed by atoms with Crippen molar-refractivity contribution in [1.29, 1.82) is 0 Å². The molecule has 5 nitrogen and oxygen atoms in total. The summed E-state index contributed by atoms with van der Waals surface area (Å²) in [5.41, 5.74) is 2.15. The van der Waals surface area contributed by atoms with Crippen molar-refractivity contribution >= 4 is 23.6 Å². The first kappa shape index (κ1) is 24.8. The van der Waals surface area contributed by atoms with Gasteiger partial charge >= 0.3 is 0 Å². The summed E-state index contributed by atoms with van der Waals surface area (Å²) in [5, 5.41) is 2.96. The Labute approximate surface area is 190 Å². The van der Waals surface area contributed by atoms with Crippen molar-refractivity contribution in [3.8, 4) is 5.75 Å². The smallest absolute Gasteiger partial charge is 0.243 e. The number of hydrogen-bond acceptors (Lipinski definition) is 4. The zero-order valence-electron chi connectivity index (χ0n) is 19.2. The van der Waals surface area contributed by atoms with Gasteiger partial charge in [-0.15, -0.1) is 11.8 Å². The van der Waals surface area contributed by atoms with E-state index in [0.717, 1.165) is 16.2 Å². The SMILES string of the molecule is CC[C@H](C(=O)NC(C)C)N(Cc1cccc(OC)c1)C(=O)CCSc1ccc(C)cc1. The second kappa shape index (κ2) is 12.4. The van der Waals surface area contributed by atoms with Gasteiger partial charge in [0.1, 0.15) is 11.8 Å². The van der Waals surface area contributed by atoms with Gasteiger partial charge in [0.15, 0.2) is 0 Å². The van der Waals surface area contributed by atoms with Crippen LogP contribution in [0.25, 0.3) is 0 Å². The van der Waals surface area contributed by atoms with Gasteiger partial charge in [-0.05, 0) is 57.0 Å². The third-order valence-electron chi connectivity index (χ3n) is 4.91. The number of nitrogens with one attached hydrogen (secondary N) is 1. The first-order chi connectivity index (χ1) is 14.8. The lowest BCUT2D eigenvalue weighted by Gasteiger charge is -2.31. The molecular weight excluding hydrogens is 408 g/mol. The molecular formula is C25H34N2O3S. The summed E-state index contributed by atoms with van der Waals surface area (Å²) in [4.78, 5) is 28.9. The van der Waals surface area contributed by atoms with E-state index in [1.54, 1.807) is 23.8 Å². The predicted molar refractivity (Wildman–Crippen MR) is 127 cm³/mol. The van der Waals surface area contributed by atoms with Crippen molar-refractivity contribution in [2.24, 2.45) is 0 Å². The molecule has 6 heteroatoms. The fourth-order valence-electron chi connectivity index (χ4n) is 3.30. The Balaban J connectivity index is 2.14. The van der Waals surface area contributed by atoms with Gasteiger partial charge in [0.25, 0.3) is 0 Å². The monoisotopic (exact) mass is 442 g/mol. The van der Waals surface area contributed by atoms with Gasteiger partial charge in [-0.3, -0.25) is 9.59 Å². The van der Waals surface area contributed by atoms with E-state index in [1.165, 1.54) is 5.56 Å². The number of methoxy groups -OCH3 is 1.